The molecule has 3 unspecified atom stereocenters. The maximum absolute atomic E-state index is 13.0. The van der Waals surface area contributed by atoms with E-state index in [-0.39, 0.29) is 25.7 Å². The zero-order valence-electron chi connectivity index (χ0n) is 52.1. The van der Waals surface area contributed by atoms with Crippen molar-refractivity contribution in [2.45, 2.75) is 323 Å². The summed E-state index contributed by atoms with van der Waals surface area (Å²) in [4.78, 5) is 71.9. The Labute approximate surface area is 492 Å². The van der Waals surface area contributed by atoms with Crippen LogP contribution in [0.3, 0.4) is 0 Å². The Bertz CT molecular complexity index is 1600. The van der Waals surface area contributed by atoms with E-state index in [4.69, 9.17) is 37.0 Å². The van der Waals surface area contributed by atoms with Crippen LogP contribution in [0.2, 0.25) is 0 Å². The summed E-state index contributed by atoms with van der Waals surface area (Å²) in [5.74, 6) is -0.651. The van der Waals surface area contributed by atoms with E-state index in [1.54, 1.807) is 0 Å². The number of phosphoric ester groups is 2. The van der Waals surface area contributed by atoms with Gasteiger partial charge in [-0.05, 0) is 37.5 Å². The first-order chi connectivity index (χ1) is 38.9. The van der Waals surface area contributed by atoms with Crippen molar-refractivity contribution in [3.63, 3.8) is 0 Å². The Kier molecular flexibility index (Phi) is 53.4. The van der Waals surface area contributed by atoms with Crippen LogP contribution in [0.15, 0.2) is 0 Å². The second kappa shape index (κ2) is 54.7. The van der Waals surface area contributed by atoms with Gasteiger partial charge in [0.25, 0.3) is 0 Å². The summed E-state index contributed by atoms with van der Waals surface area (Å²) < 4.78 is 67.7. The van der Waals surface area contributed by atoms with Crippen molar-refractivity contribution in [2.24, 2.45) is 11.8 Å². The smallest absolute Gasteiger partial charge is 0.462 e. The predicted molar refractivity (Wildman–Crippen MR) is 321 cm³/mol. The zero-order chi connectivity index (χ0) is 60.1. The summed E-state index contributed by atoms with van der Waals surface area (Å²) in [6.45, 7) is 9.35. The first-order valence-electron chi connectivity index (χ1n) is 32.5. The van der Waals surface area contributed by atoms with Crippen LogP contribution in [0.4, 0.5) is 0 Å². The van der Waals surface area contributed by atoms with Crippen LogP contribution in [-0.2, 0) is 65.4 Å². The minimum atomic E-state index is -4.94. The average Bonchev–Trinajstić information content (AvgIpc) is 3.43. The fourth-order valence-electron chi connectivity index (χ4n) is 9.15. The molecular weight excluding hydrogens is 1080 g/mol. The standard InChI is InChI=1S/C62H120O17P2/c1-7-10-12-14-15-16-19-23-26-33-39-45-60(65)73-51-58(78-61(66)46-40-34-27-24-21-18-17-20-22-25-31-36-42-54(4)5)53-77-81(70,71)75-49-56(63)48-74-80(68,69)76-52-57(50-72-59(64)44-38-30-13-11-8-2)79-62(67)47-41-35-29-28-32-37-43-55(6)9-3/h54-58,63H,7-53H2,1-6H3,(H,68,69)(H,70,71)/t55?,56-,57+,58+/m0/s1. The molecule has 0 aliphatic heterocycles. The van der Waals surface area contributed by atoms with E-state index in [1.165, 1.54) is 116 Å². The van der Waals surface area contributed by atoms with Gasteiger partial charge in [-0.2, -0.15) is 0 Å². The molecule has 0 aromatic heterocycles. The van der Waals surface area contributed by atoms with Crippen LogP contribution in [0, 0.1) is 11.8 Å². The first-order valence-corrected chi connectivity index (χ1v) is 35.5. The molecule has 0 bridgehead atoms. The average molecular weight is 1200 g/mol. The third-order valence-electron chi connectivity index (χ3n) is 14.6. The number of hydrogen-bond donors (Lipinski definition) is 3. The van der Waals surface area contributed by atoms with Gasteiger partial charge in [0.15, 0.2) is 12.2 Å². The van der Waals surface area contributed by atoms with Gasteiger partial charge < -0.3 is 33.8 Å². The lowest BCUT2D eigenvalue weighted by Crippen LogP contribution is -2.30. The molecule has 0 saturated carbocycles. The summed E-state index contributed by atoms with van der Waals surface area (Å²) in [5, 5.41) is 10.5. The fraction of sp³-hybridized carbons (Fsp3) is 0.935. The molecule has 480 valence electrons. The van der Waals surface area contributed by atoms with Crippen molar-refractivity contribution < 1.29 is 80.2 Å². The Morgan fingerprint density at radius 2 is 0.630 bits per heavy atom. The van der Waals surface area contributed by atoms with Crippen LogP contribution in [0.25, 0.3) is 0 Å². The van der Waals surface area contributed by atoms with Crippen molar-refractivity contribution in [3.8, 4) is 0 Å². The molecular formula is C62H120O17P2. The SMILES string of the molecule is CCCCCCCCCCCCCC(=O)OC[C@H](COP(=O)(O)OC[C@@H](O)COP(=O)(O)OC[C@@H](COC(=O)CCCCCCC)OC(=O)CCCCCCCCC(C)CC)OC(=O)CCCCCCCCCCCCCCC(C)C. The van der Waals surface area contributed by atoms with Crippen molar-refractivity contribution in [1.82, 2.24) is 0 Å². The Balaban J connectivity index is 5.18. The van der Waals surface area contributed by atoms with Crippen molar-refractivity contribution in [3.05, 3.63) is 0 Å². The van der Waals surface area contributed by atoms with E-state index in [1.807, 2.05) is 0 Å². The molecule has 0 heterocycles. The molecule has 0 aromatic carbocycles. The van der Waals surface area contributed by atoms with Crippen LogP contribution in [-0.4, -0.2) is 96.7 Å². The van der Waals surface area contributed by atoms with Gasteiger partial charge in [0, 0.05) is 25.7 Å². The highest BCUT2D eigenvalue weighted by Gasteiger charge is 2.30. The number of rotatable bonds is 61. The third-order valence-corrected chi connectivity index (χ3v) is 16.5. The molecule has 0 saturated heterocycles. The maximum atomic E-state index is 13.0. The van der Waals surface area contributed by atoms with E-state index < -0.39 is 97.5 Å². The number of carbonyl (C=O) groups excluding carboxylic acids is 4. The van der Waals surface area contributed by atoms with E-state index in [2.05, 4.69) is 41.5 Å². The lowest BCUT2D eigenvalue weighted by molar-refractivity contribution is -0.161. The van der Waals surface area contributed by atoms with Gasteiger partial charge >= 0.3 is 39.5 Å². The molecule has 0 rings (SSSR count). The number of phosphoric acid groups is 2. The van der Waals surface area contributed by atoms with Crippen LogP contribution < -0.4 is 0 Å². The number of hydrogen-bond acceptors (Lipinski definition) is 15. The second-order valence-corrected chi connectivity index (χ2v) is 26.1. The summed E-state index contributed by atoms with van der Waals surface area (Å²) in [6, 6.07) is 0. The van der Waals surface area contributed by atoms with Gasteiger partial charge in [0.05, 0.1) is 26.4 Å². The summed E-state index contributed by atoms with van der Waals surface area (Å²) >= 11 is 0. The minimum absolute atomic E-state index is 0.102. The molecule has 17 nitrogen and oxygen atoms in total. The molecule has 6 atom stereocenters. The summed E-state index contributed by atoms with van der Waals surface area (Å²) in [5.41, 5.74) is 0. The normalized spacial score (nSPS) is 14.7. The van der Waals surface area contributed by atoms with E-state index in [0.717, 1.165) is 108 Å². The van der Waals surface area contributed by atoms with E-state index in [0.29, 0.717) is 25.7 Å². The number of esters is 4. The molecule has 3 N–H and O–H groups in total. The van der Waals surface area contributed by atoms with Crippen LogP contribution >= 0.6 is 15.6 Å². The molecule has 0 fully saturated rings. The molecule has 0 radical (unpaired) electrons. The maximum Gasteiger partial charge on any atom is 0.472 e. The van der Waals surface area contributed by atoms with Gasteiger partial charge in [-0.1, -0.05) is 253 Å². The topological polar surface area (TPSA) is 237 Å². The van der Waals surface area contributed by atoms with Crippen molar-refractivity contribution in [1.29, 1.82) is 0 Å². The van der Waals surface area contributed by atoms with E-state index >= 15 is 0 Å². The second-order valence-electron chi connectivity index (χ2n) is 23.2. The minimum Gasteiger partial charge on any atom is -0.462 e. The summed E-state index contributed by atoms with van der Waals surface area (Å²) in [6.07, 6.45) is 36.5. The lowest BCUT2D eigenvalue weighted by Gasteiger charge is -2.21. The lowest BCUT2D eigenvalue weighted by atomic mass is 10.00. The molecule has 0 amide bonds. The highest BCUT2D eigenvalue weighted by molar-refractivity contribution is 7.47. The predicted octanol–water partition coefficient (Wildman–Crippen LogP) is 16.9. The molecule has 19 heteroatoms. The van der Waals surface area contributed by atoms with Crippen LogP contribution in [0.1, 0.15) is 305 Å². The van der Waals surface area contributed by atoms with Gasteiger partial charge in [0.1, 0.15) is 19.3 Å². The molecule has 0 spiro atoms. The zero-order valence-corrected chi connectivity index (χ0v) is 53.9. The number of aliphatic hydroxyl groups is 1. The largest absolute Gasteiger partial charge is 0.472 e. The number of aliphatic hydroxyl groups excluding tert-OH is 1. The highest BCUT2D eigenvalue weighted by atomic mass is 31.2. The first kappa shape index (κ1) is 79.1. The van der Waals surface area contributed by atoms with Crippen molar-refractivity contribution >= 4 is 39.5 Å². The van der Waals surface area contributed by atoms with Gasteiger partial charge in [0.2, 0.25) is 0 Å². The third kappa shape index (κ3) is 55.7. The van der Waals surface area contributed by atoms with E-state index in [9.17, 15) is 43.2 Å². The fourth-order valence-corrected chi connectivity index (χ4v) is 10.7. The molecule has 0 aliphatic carbocycles. The monoisotopic (exact) mass is 1200 g/mol. The molecule has 0 aromatic rings. The number of carbonyl (C=O) groups is 4. The number of unbranched alkanes of at least 4 members (excludes halogenated alkanes) is 30. The van der Waals surface area contributed by atoms with Gasteiger partial charge in [-0.15, -0.1) is 0 Å². The summed E-state index contributed by atoms with van der Waals surface area (Å²) in [7, 11) is -9.87. The van der Waals surface area contributed by atoms with Gasteiger partial charge in [-0.3, -0.25) is 37.3 Å². The Morgan fingerprint density at radius 3 is 0.938 bits per heavy atom. The molecule has 0 aliphatic rings. The van der Waals surface area contributed by atoms with Crippen LogP contribution in [0.5, 0.6) is 0 Å². The molecule has 81 heavy (non-hydrogen) atoms. The highest BCUT2D eigenvalue weighted by Crippen LogP contribution is 2.45. The Morgan fingerprint density at radius 1 is 0.358 bits per heavy atom. The van der Waals surface area contributed by atoms with Crippen molar-refractivity contribution in [2.75, 3.05) is 39.6 Å². The Hall–Kier alpha value is -1.94. The van der Waals surface area contributed by atoms with Gasteiger partial charge in [-0.25, -0.2) is 9.13 Å². The number of ether oxygens (including phenoxy) is 4. The quantitative estimate of drug-likeness (QED) is 0.0222.